The molecule has 2 N–H and O–H groups in total. The first kappa shape index (κ1) is 18.5. The Labute approximate surface area is 143 Å². The highest BCUT2D eigenvalue weighted by Crippen LogP contribution is 2.24. The van der Waals surface area contributed by atoms with Gasteiger partial charge in [-0.1, -0.05) is 30.3 Å². The Hall–Kier alpha value is -1.88. The van der Waals surface area contributed by atoms with Crippen molar-refractivity contribution < 1.29 is 19.4 Å². The molecule has 1 saturated carbocycles. The van der Waals surface area contributed by atoms with Crippen molar-refractivity contribution in [2.75, 3.05) is 13.2 Å². The fourth-order valence-corrected chi connectivity index (χ4v) is 3.06. The summed E-state index contributed by atoms with van der Waals surface area (Å²) in [5, 5.41) is 12.0. The molecule has 0 saturated heterocycles. The van der Waals surface area contributed by atoms with Gasteiger partial charge in [0.05, 0.1) is 12.5 Å². The number of nitrogens with one attached hydrogen (secondary N) is 1. The SMILES string of the molecule is O=C(CCCOCCc1ccccc1)NC1CCC(C(=O)O)CC1. The third-order valence-electron chi connectivity index (χ3n) is 4.51. The highest BCUT2D eigenvalue weighted by atomic mass is 16.5. The Kier molecular flexibility index (Phi) is 7.75. The van der Waals surface area contributed by atoms with Gasteiger partial charge in [0, 0.05) is 19.1 Å². The lowest BCUT2D eigenvalue weighted by molar-refractivity contribution is -0.142. The first-order valence-electron chi connectivity index (χ1n) is 8.79. The van der Waals surface area contributed by atoms with E-state index in [0.29, 0.717) is 38.9 Å². The molecular formula is C19H27NO4. The average Bonchev–Trinajstić information content (AvgIpc) is 2.59. The predicted octanol–water partition coefficient (Wildman–Crippen LogP) is 2.79. The van der Waals surface area contributed by atoms with E-state index in [-0.39, 0.29) is 17.9 Å². The van der Waals surface area contributed by atoms with Crippen LogP contribution in [0, 0.1) is 5.92 Å². The van der Waals surface area contributed by atoms with Crippen LogP contribution in [0.4, 0.5) is 0 Å². The third kappa shape index (κ3) is 6.71. The number of carbonyl (C=O) groups excluding carboxylic acids is 1. The minimum atomic E-state index is -0.715. The van der Waals surface area contributed by atoms with Crippen molar-refractivity contribution in [3.63, 3.8) is 0 Å². The summed E-state index contributed by atoms with van der Waals surface area (Å²) in [5.74, 6) is -0.913. The van der Waals surface area contributed by atoms with Gasteiger partial charge in [-0.3, -0.25) is 9.59 Å². The number of hydrogen-bond donors (Lipinski definition) is 2. The summed E-state index contributed by atoms with van der Waals surface area (Å²) in [7, 11) is 0. The molecule has 1 fully saturated rings. The highest BCUT2D eigenvalue weighted by molar-refractivity contribution is 5.76. The van der Waals surface area contributed by atoms with Crippen LogP contribution in [0.15, 0.2) is 30.3 Å². The summed E-state index contributed by atoms with van der Waals surface area (Å²) >= 11 is 0. The molecule has 1 amide bonds. The van der Waals surface area contributed by atoms with E-state index in [4.69, 9.17) is 9.84 Å². The van der Waals surface area contributed by atoms with Crippen LogP contribution in [0.5, 0.6) is 0 Å². The number of aliphatic carboxylic acids is 1. The quantitative estimate of drug-likeness (QED) is 0.681. The number of rotatable bonds is 9. The van der Waals surface area contributed by atoms with E-state index in [1.54, 1.807) is 0 Å². The molecule has 132 valence electrons. The topological polar surface area (TPSA) is 75.6 Å². The summed E-state index contributed by atoms with van der Waals surface area (Å²) in [6, 6.07) is 10.3. The molecule has 0 atom stereocenters. The number of ether oxygens (including phenoxy) is 1. The maximum Gasteiger partial charge on any atom is 0.306 e. The van der Waals surface area contributed by atoms with Gasteiger partial charge in [0.2, 0.25) is 5.91 Å². The molecule has 0 spiro atoms. The lowest BCUT2D eigenvalue weighted by Gasteiger charge is -2.26. The van der Waals surface area contributed by atoms with E-state index in [1.807, 2.05) is 18.2 Å². The number of amides is 1. The number of benzene rings is 1. The van der Waals surface area contributed by atoms with E-state index in [1.165, 1.54) is 5.56 Å². The van der Waals surface area contributed by atoms with E-state index in [9.17, 15) is 9.59 Å². The number of carboxylic acids is 1. The minimum absolute atomic E-state index is 0.0421. The molecular weight excluding hydrogens is 306 g/mol. The van der Waals surface area contributed by atoms with Crippen molar-refractivity contribution in [3.05, 3.63) is 35.9 Å². The Morgan fingerprint density at radius 2 is 1.79 bits per heavy atom. The molecule has 0 heterocycles. The lowest BCUT2D eigenvalue weighted by Crippen LogP contribution is -2.38. The Bertz CT molecular complexity index is 509. The van der Waals surface area contributed by atoms with E-state index < -0.39 is 5.97 Å². The van der Waals surface area contributed by atoms with Crippen molar-refractivity contribution in [2.45, 2.75) is 51.0 Å². The highest BCUT2D eigenvalue weighted by Gasteiger charge is 2.26. The molecule has 5 nitrogen and oxygen atoms in total. The van der Waals surface area contributed by atoms with Crippen LogP contribution in [0.3, 0.4) is 0 Å². The molecule has 2 rings (SSSR count). The van der Waals surface area contributed by atoms with Gasteiger partial charge in [-0.15, -0.1) is 0 Å². The van der Waals surface area contributed by atoms with Crippen molar-refractivity contribution in [3.8, 4) is 0 Å². The van der Waals surface area contributed by atoms with Crippen molar-refractivity contribution in [1.82, 2.24) is 5.32 Å². The number of hydrogen-bond acceptors (Lipinski definition) is 3. The van der Waals surface area contributed by atoms with Crippen LogP contribution in [-0.4, -0.2) is 36.2 Å². The molecule has 0 unspecified atom stereocenters. The second-order valence-corrected chi connectivity index (χ2v) is 6.41. The van der Waals surface area contributed by atoms with Crippen LogP contribution >= 0.6 is 0 Å². The maximum absolute atomic E-state index is 11.9. The van der Waals surface area contributed by atoms with Crippen LogP contribution in [0.25, 0.3) is 0 Å². The molecule has 1 aliphatic carbocycles. The van der Waals surface area contributed by atoms with Crippen LogP contribution in [-0.2, 0) is 20.7 Å². The van der Waals surface area contributed by atoms with Crippen LogP contribution in [0.1, 0.15) is 44.1 Å². The fraction of sp³-hybridized carbons (Fsp3) is 0.579. The van der Waals surface area contributed by atoms with Gasteiger partial charge in [0.25, 0.3) is 0 Å². The van der Waals surface area contributed by atoms with Crippen molar-refractivity contribution in [1.29, 1.82) is 0 Å². The van der Waals surface area contributed by atoms with Crippen molar-refractivity contribution >= 4 is 11.9 Å². The second kappa shape index (κ2) is 10.1. The zero-order chi connectivity index (χ0) is 17.2. The van der Waals surface area contributed by atoms with Gasteiger partial charge in [-0.25, -0.2) is 0 Å². The first-order valence-corrected chi connectivity index (χ1v) is 8.79. The standard InChI is InChI=1S/C19H27NO4/c21-18(20-17-10-8-16(9-11-17)19(22)23)7-4-13-24-14-12-15-5-2-1-3-6-15/h1-3,5-6,16-17H,4,7-14H2,(H,20,21)(H,22,23). The van der Waals surface area contributed by atoms with E-state index >= 15 is 0 Å². The smallest absolute Gasteiger partial charge is 0.306 e. The summed E-state index contributed by atoms with van der Waals surface area (Å²) in [6.07, 6.45) is 4.90. The monoisotopic (exact) mass is 333 g/mol. The molecule has 1 aliphatic rings. The first-order chi connectivity index (χ1) is 11.6. The van der Waals surface area contributed by atoms with Crippen molar-refractivity contribution in [2.24, 2.45) is 5.92 Å². The molecule has 0 radical (unpaired) electrons. The normalized spacial score (nSPS) is 20.5. The molecule has 0 bridgehead atoms. The summed E-state index contributed by atoms with van der Waals surface area (Å²) in [6.45, 7) is 1.26. The fourth-order valence-electron chi connectivity index (χ4n) is 3.06. The van der Waals surface area contributed by atoms with Gasteiger partial charge in [0.1, 0.15) is 0 Å². The zero-order valence-corrected chi connectivity index (χ0v) is 14.1. The van der Waals surface area contributed by atoms with Crippen LogP contribution < -0.4 is 5.32 Å². The Morgan fingerprint density at radius 1 is 1.08 bits per heavy atom. The predicted molar refractivity (Wildman–Crippen MR) is 91.7 cm³/mol. The van der Waals surface area contributed by atoms with Crippen LogP contribution in [0.2, 0.25) is 0 Å². The van der Waals surface area contributed by atoms with E-state index in [2.05, 4.69) is 17.4 Å². The molecule has 24 heavy (non-hydrogen) atoms. The zero-order valence-electron chi connectivity index (χ0n) is 14.1. The number of carbonyl (C=O) groups is 2. The molecule has 1 aromatic rings. The largest absolute Gasteiger partial charge is 0.481 e. The summed E-state index contributed by atoms with van der Waals surface area (Å²) in [5.41, 5.74) is 1.26. The van der Waals surface area contributed by atoms with Gasteiger partial charge < -0.3 is 15.2 Å². The molecule has 0 aliphatic heterocycles. The summed E-state index contributed by atoms with van der Waals surface area (Å²) < 4.78 is 5.57. The van der Waals surface area contributed by atoms with Gasteiger partial charge >= 0.3 is 5.97 Å². The average molecular weight is 333 g/mol. The molecule has 5 heteroatoms. The Morgan fingerprint density at radius 3 is 2.46 bits per heavy atom. The lowest BCUT2D eigenvalue weighted by atomic mass is 9.86. The van der Waals surface area contributed by atoms with E-state index in [0.717, 1.165) is 19.3 Å². The third-order valence-corrected chi connectivity index (χ3v) is 4.51. The molecule has 0 aromatic heterocycles. The second-order valence-electron chi connectivity index (χ2n) is 6.41. The minimum Gasteiger partial charge on any atom is -0.481 e. The van der Waals surface area contributed by atoms with Gasteiger partial charge in [-0.05, 0) is 44.1 Å². The van der Waals surface area contributed by atoms with Gasteiger partial charge in [0.15, 0.2) is 0 Å². The maximum atomic E-state index is 11.9. The molecule has 1 aromatic carbocycles. The number of carboxylic acid groups (broad SMARTS) is 1. The Balaban J connectivity index is 1.49. The summed E-state index contributed by atoms with van der Waals surface area (Å²) in [4.78, 5) is 22.8. The van der Waals surface area contributed by atoms with Gasteiger partial charge in [-0.2, -0.15) is 0 Å².